The number of hydrogen-bond donors (Lipinski definition) is 3. The number of carbonyl (C=O) groups excluding carboxylic acids is 1. The second kappa shape index (κ2) is 5.08. The molecule has 2 aromatic heterocycles. The van der Waals surface area contributed by atoms with E-state index in [0.717, 1.165) is 11.4 Å². The van der Waals surface area contributed by atoms with Crippen LogP contribution in [0.5, 0.6) is 0 Å². The summed E-state index contributed by atoms with van der Waals surface area (Å²) in [7, 11) is 0. The van der Waals surface area contributed by atoms with Gasteiger partial charge in [-0.2, -0.15) is 4.98 Å². The van der Waals surface area contributed by atoms with Crippen molar-refractivity contribution >= 4 is 28.3 Å². The molecule has 0 radical (unpaired) electrons. The molecule has 4 N–H and O–H groups in total. The normalized spacial score (nSPS) is 10.8. The van der Waals surface area contributed by atoms with Crippen molar-refractivity contribution in [2.75, 3.05) is 11.1 Å². The van der Waals surface area contributed by atoms with Crippen LogP contribution in [0.2, 0.25) is 0 Å². The number of aromatic amines is 1. The average molecular weight is 267 g/mol. The molecule has 0 aliphatic rings. The number of nitrogens with one attached hydrogen (secondary N) is 2. The lowest BCUT2D eigenvalue weighted by atomic mass is 10.1. The van der Waals surface area contributed by atoms with E-state index in [1.54, 1.807) is 0 Å². The van der Waals surface area contributed by atoms with Crippen LogP contribution in [0.3, 0.4) is 0 Å². The molecule has 0 aromatic carbocycles. The van der Waals surface area contributed by atoms with Crippen LogP contribution in [0.4, 0.5) is 11.1 Å². The Morgan fingerprint density at radius 2 is 2.28 bits per heavy atom. The number of nitrogens with two attached hydrogens (primary N) is 1. The van der Waals surface area contributed by atoms with Gasteiger partial charge in [0.2, 0.25) is 16.9 Å². The van der Waals surface area contributed by atoms with Gasteiger partial charge in [0, 0.05) is 6.42 Å². The minimum absolute atomic E-state index is 0.0258. The fourth-order valence-corrected chi connectivity index (χ4v) is 2.22. The van der Waals surface area contributed by atoms with Gasteiger partial charge in [0.1, 0.15) is 5.01 Å². The van der Waals surface area contributed by atoms with Gasteiger partial charge in [-0.25, -0.2) is 0 Å². The second-order valence-corrected chi connectivity index (χ2v) is 5.16. The minimum Gasteiger partial charge on any atom is -0.366 e. The first-order valence-corrected chi connectivity index (χ1v) is 6.18. The first kappa shape index (κ1) is 12.4. The Labute approximate surface area is 107 Å². The SMILES string of the molecule is CC(C)Cc1nnc(NC(=O)c2nc(N)n[nH]2)s1. The molecule has 0 spiro atoms. The summed E-state index contributed by atoms with van der Waals surface area (Å²) in [6, 6.07) is 0. The van der Waals surface area contributed by atoms with Crippen molar-refractivity contribution in [2.24, 2.45) is 5.92 Å². The Balaban J connectivity index is 2.01. The summed E-state index contributed by atoms with van der Waals surface area (Å²) in [5.74, 6) is 0.132. The number of H-pyrrole nitrogens is 1. The van der Waals surface area contributed by atoms with Crippen LogP contribution in [0, 0.1) is 5.92 Å². The Hall–Kier alpha value is -2.03. The average Bonchev–Trinajstić information content (AvgIpc) is 2.87. The summed E-state index contributed by atoms with van der Waals surface area (Å²) >= 11 is 1.34. The lowest BCUT2D eigenvalue weighted by Crippen LogP contribution is -2.13. The van der Waals surface area contributed by atoms with Gasteiger partial charge in [-0.05, 0) is 5.92 Å². The van der Waals surface area contributed by atoms with E-state index in [-0.39, 0.29) is 11.8 Å². The standard InChI is InChI=1S/C9H13N7OS/c1-4(2)3-5-13-16-9(18-5)12-7(17)6-11-8(10)15-14-6/h4H,3H2,1-2H3,(H,12,16,17)(H3,10,11,14,15). The highest BCUT2D eigenvalue weighted by molar-refractivity contribution is 7.15. The fraction of sp³-hybridized carbons (Fsp3) is 0.444. The van der Waals surface area contributed by atoms with Crippen LogP contribution >= 0.6 is 11.3 Å². The van der Waals surface area contributed by atoms with Crippen LogP contribution in [0.1, 0.15) is 29.5 Å². The molecule has 9 heteroatoms. The molecule has 1 amide bonds. The van der Waals surface area contributed by atoms with Gasteiger partial charge >= 0.3 is 0 Å². The van der Waals surface area contributed by atoms with E-state index in [0.29, 0.717) is 11.0 Å². The Kier molecular flexibility index (Phi) is 3.51. The first-order valence-electron chi connectivity index (χ1n) is 5.36. The summed E-state index contributed by atoms with van der Waals surface area (Å²) in [6.07, 6.45) is 0.836. The molecule has 2 rings (SSSR count). The molecule has 0 saturated heterocycles. The van der Waals surface area contributed by atoms with E-state index in [9.17, 15) is 4.79 Å². The molecule has 0 saturated carbocycles. The van der Waals surface area contributed by atoms with Crippen molar-refractivity contribution in [3.8, 4) is 0 Å². The summed E-state index contributed by atoms with van der Waals surface area (Å²) in [6.45, 7) is 4.19. The second-order valence-electron chi connectivity index (χ2n) is 4.10. The highest BCUT2D eigenvalue weighted by Crippen LogP contribution is 2.18. The molecular weight excluding hydrogens is 254 g/mol. The topological polar surface area (TPSA) is 122 Å². The van der Waals surface area contributed by atoms with Crippen LogP contribution in [-0.4, -0.2) is 31.3 Å². The molecule has 0 bridgehead atoms. The zero-order valence-electron chi connectivity index (χ0n) is 9.97. The van der Waals surface area contributed by atoms with Crippen molar-refractivity contribution in [3.63, 3.8) is 0 Å². The predicted octanol–water partition coefficient (Wildman–Crippen LogP) is 0.689. The molecule has 0 aliphatic heterocycles. The van der Waals surface area contributed by atoms with Crippen LogP contribution < -0.4 is 11.1 Å². The molecule has 0 unspecified atom stereocenters. The van der Waals surface area contributed by atoms with Gasteiger partial charge in [-0.3, -0.25) is 15.2 Å². The first-order chi connectivity index (χ1) is 8.54. The number of rotatable bonds is 4. The van der Waals surface area contributed by atoms with Gasteiger partial charge in [0.25, 0.3) is 5.91 Å². The third kappa shape index (κ3) is 3.00. The van der Waals surface area contributed by atoms with Crippen LogP contribution in [0.25, 0.3) is 0 Å². The maximum atomic E-state index is 11.7. The summed E-state index contributed by atoms with van der Waals surface area (Å²) in [5.41, 5.74) is 5.31. The largest absolute Gasteiger partial charge is 0.366 e. The van der Waals surface area contributed by atoms with E-state index < -0.39 is 5.91 Å². The van der Waals surface area contributed by atoms with Gasteiger partial charge in [-0.15, -0.1) is 15.3 Å². The van der Waals surface area contributed by atoms with E-state index in [1.807, 2.05) is 0 Å². The number of aromatic nitrogens is 5. The van der Waals surface area contributed by atoms with Crippen molar-refractivity contribution in [1.82, 2.24) is 25.4 Å². The van der Waals surface area contributed by atoms with Crippen molar-refractivity contribution in [3.05, 3.63) is 10.8 Å². The third-order valence-corrected chi connectivity index (χ3v) is 2.85. The van der Waals surface area contributed by atoms with Crippen LogP contribution in [0.15, 0.2) is 0 Å². The van der Waals surface area contributed by atoms with E-state index >= 15 is 0 Å². The maximum Gasteiger partial charge on any atom is 0.294 e. The molecule has 18 heavy (non-hydrogen) atoms. The number of amides is 1. The van der Waals surface area contributed by atoms with Gasteiger partial charge in [0.05, 0.1) is 0 Å². The molecule has 0 atom stereocenters. The Morgan fingerprint density at radius 1 is 1.50 bits per heavy atom. The molecule has 2 heterocycles. The quantitative estimate of drug-likeness (QED) is 0.749. The number of anilines is 2. The monoisotopic (exact) mass is 267 g/mol. The molecule has 8 nitrogen and oxygen atoms in total. The fourth-order valence-electron chi connectivity index (χ4n) is 1.27. The Bertz CT molecular complexity index is 547. The van der Waals surface area contributed by atoms with Crippen molar-refractivity contribution in [1.29, 1.82) is 0 Å². The molecular formula is C9H13N7OS. The zero-order valence-corrected chi connectivity index (χ0v) is 10.8. The molecule has 0 fully saturated rings. The van der Waals surface area contributed by atoms with E-state index in [1.165, 1.54) is 11.3 Å². The number of carbonyl (C=O) groups is 1. The molecule has 96 valence electrons. The molecule has 2 aromatic rings. The van der Waals surface area contributed by atoms with Gasteiger partial charge < -0.3 is 5.73 Å². The van der Waals surface area contributed by atoms with Gasteiger partial charge in [-0.1, -0.05) is 25.2 Å². The highest BCUT2D eigenvalue weighted by atomic mass is 32.1. The summed E-state index contributed by atoms with van der Waals surface area (Å²) < 4.78 is 0. The lowest BCUT2D eigenvalue weighted by molar-refractivity contribution is 0.101. The number of nitrogens with zero attached hydrogens (tertiary/aromatic N) is 4. The van der Waals surface area contributed by atoms with Gasteiger partial charge in [0.15, 0.2) is 0 Å². The third-order valence-electron chi connectivity index (χ3n) is 1.99. The number of nitrogen functional groups attached to an aromatic ring is 1. The van der Waals surface area contributed by atoms with E-state index in [4.69, 9.17) is 5.73 Å². The molecule has 0 aliphatic carbocycles. The highest BCUT2D eigenvalue weighted by Gasteiger charge is 2.14. The summed E-state index contributed by atoms with van der Waals surface area (Å²) in [4.78, 5) is 15.4. The minimum atomic E-state index is -0.438. The zero-order chi connectivity index (χ0) is 13.1. The van der Waals surface area contributed by atoms with Crippen molar-refractivity contribution < 1.29 is 4.79 Å². The smallest absolute Gasteiger partial charge is 0.294 e. The number of hydrogen-bond acceptors (Lipinski definition) is 7. The lowest BCUT2D eigenvalue weighted by Gasteiger charge is -1.97. The predicted molar refractivity (Wildman–Crippen MR) is 67.2 cm³/mol. The van der Waals surface area contributed by atoms with Crippen molar-refractivity contribution in [2.45, 2.75) is 20.3 Å². The van der Waals surface area contributed by atoms with E-state index in [2.05, 4.69) is 44.5 Å². The van der Waals surface area contributed by atoms with Crippen LogP contribution in [-0.2, 0) is 6.42 Å². The maximum absolute atomic E-state index is 11.7. The summed E-state index contributed by atoms with van der Waals surface area (Å²) in [5, 5.41) is 17.8. The Morgan fingerprint density at radius 3 is 2.89 bits per heavy atom.